The van der Waals surface area contributed by atoms with Gasteiger partial charge in [0, 0.05) is 69.8 Å². The minimum Gasteiger partial charge on any atom is -0.373 e. The minimum atomic E-state index is 0.880. The Balaban J connectivity index is 0.000000160. The molecule has 0 atom stereocenters. The normalized spacial score (nSPS) is 14.0. The second-order valence-corrected chi connectivity index (χ2v) is 8.23. The minimum absolute atomic E-state index is 0.880. The Labute approximate surface area is 195 Å². The lowest BCUT2D eigenvalue weighted by atomic mass is 10.1. The van der Waals surface area contributed by atoms with Crippen molar-refractivity contribution in [1.82, 2.24) is 24.6 Å². The summed E-state index contributed by atoms with van der Waals surface area (Å²) in [6, 6.07) is 12.5. The number of likely N-dealkylation sites (N-methyl/N-ethyl adjacent to an activating group) is 1. The standard InChI is InChI=1S/C14H14N4.C12H17N3/c1-15-14-6-12-5-10(3-4-11(12)7-16-14)13-8-17-18(2)9-13;1-3-11-4-5-13-12(10-11)15-8-6-14(2)7-9-15/h3-9H,1-2H3,(H,15,16);3-5,10H,1,6-9H2,2H3. The molecule has 1 N–H and O–H groups in total. The van der Waals surface area contributed by atoms with Crippen LogP contribution in [0.3, 0.4) is 0 Å². The van der Waals surface area contributed by atoms with Crippen LogP contribution in [0.5, 0.6) is 0 Å². The number of hydrogen-bond donors (Lipinski definition) is 1. The van der Waals surface area contributed by atoms with Crippen LogP contribution in [0.15, 0.2) is 67.8 Å². The van der Waals surface area contributed by atoms with Crippen molar-refractivity contribution in [2.45, 2.75) is 0 Å². The molecular weight excluding hydrogens is 410 g/mol. The summed E-state index contributed by atoms with van der Waals surface area (Å²) in [6.07, 6.45) is 9.49. The number of nitrogens with zero attached hydrogens (tertiary/aromatic N) is 6. The molecule has 5 rings (SSSR count). The van der Waals surface area contributed by atoms with E-state index < -0.39 is 0 Å². The largest absolute Gasteiger partial charge is 0.373 e. The molecule has 7 nitrogen and oxygen atoms in total. The lowest BCUT2D eigenvalue weighted by Crippen LogP contribution is -2.44. The third kappa shape index (κ3) is 5.56. The van der Waals surface area contributed by atoms with E-state index in [1.807, 2.05) is 55.7 Å². The number of pyridine rings is 2. The quantitative estimate of drug-likeness (QED) is 0.513. The van der Waals surface area contributed by atoms with Gasteiger partial charge in [0.2, 0.25) is 0 Å². The zero-order chi connectivity index (χ0) is 23.2. The second-order valence-electron chi connectivity index (χ2n) is 8.23. The first-order valence-corrected chi connectivity index (χ1v) is 11.1. The lowest BCUT2D eigenvalue weighted by Gasteiger charge is -2.33. The van der Waals surface area contributed by atoms with Crippen LogP contribution in [0.4, 0.5) is 11.6 Å². The fraction of sp³-hybridized carbons (Fsp3) is 0.269. The van der Waals surface area contributed by atoms with E-state index in [4.69, 9.17) is 0 Å². The number of hydrogen-bond acceptors (Lipinski definition) is 6. The van der Waals surface area contributed by atoms with E-state index >= 15 is 0 Å². The molecule has 0 bridgehead atoms. The first-order chi connectivity index (χ1) is 16.1. The molecule has 3 aromatic heterocycles. The van der Waals surface area contributed by atoms with Crippen LogP contribution < -0.4 is 10.2 Å². The van der Waals surface area contributed by atoms with Gasteiger partial charge in [0.05, 0.1) is 6.20 Å². The fourth-order valence-electron chi connectivity index (χ4n) is 3.80. The van der Waals surface area contributed by atoms with Gasteiger partial charge in [0.1, 0.15) is 11.6 Å². The Morgan fingerprint density at radius 1 is 0.909 bits per heavy atom. The summed E-state index contributed by atoms with van der Waals surface area (Å²) in [5, 5.41) is 9.57. The summed E-state index contributed by atoms with van der Waals surface area (Å²) in [5.41, 5.74) is 3.44. The molecule has 170 valence electrons. The molecule has 1 aromatic carbocycles. The van der Waals surface area contributed by atoms with E-state index in [0.29, 0.717) is 0 Å². The van der Waals surface area contributed by atoms with Gasteiger partial charge in [-0.15, -0.1) is 0 Å². The monoisotopic (exact) mass is 441 g/mol. The number of fused-ring (bicyclic) bond motifs is 1. The van der Waals surface area contributed by atoms with Gasteiger partial charge in [-0.1, -0.05) is 24.8 Å². The molecule has 4 heterocycles. The highest BCUT2D eigenvalue weighted by Crippen LogP contribution is 2.25. The zero-order valence-corrected chi connectivity index (χ0v) is 19.6. The van der Waals surface area contributed by atoms with Crippen molar-refractivity contribution in [3.63, 3.8) is 0 Å². The summed E-state index contributed by atoms with van der Waals surface area (Å²) in [5.74, 6) is 1.95. The first kappa shape index (κ1) is 22.5. The first-order valence-electron chi connectivity index (χ1n) is 11.1. The number of piperazine rings is 1. The van der Waals surface area contributed by atoms with Gasteiger partial charge in [0.25, 0.3) is 0 Å². The Kier molecular flexibility index (Phi) is 7.00. The van der Waals surface area contributed by atoms with Crippen LogP contribution in [-0.2, 0) is 7.05 Å². The fourth-order valence-corrected chi connectivity index (χ4v) is 3.80. The maximum absolute atomic E-state index is 4.40. The van der Waals surface area contributed by atoms with Crippen molar-refractivity contribution >= 4 is 28.5 Å². The average Bonchev–Trinajstić information content (AvgIpc) is 3.30. The third-order valence-corrected chi connectivity index (χ3v) is 5.85. The molecule has 7 heteroatoms. The van der Waals surface area contributed by atoms with Crippen LogP contribution in [0.2, 0.25) is 0 Å². The van der Waals surface area contributed by atoms with E-state index in [0.717, 1.165) is 54.3 Å². The molecule has 1 aliphatic rings. The highest BCUT2D eigenvalue weighted by atomic mass is 15.3. The van der Waals surface area contributed by atoms with Crippen LogP contribution in [0.25, 0.3) is 28.0 Å². The molecule has 1 fully saturated rings. The van der Waals surface area contributed by atoms with Crippen LogP contribution in [-0.4, -0.2) is 64.9 Å². The lowest BCUT2D eigenvalue weighted by molar-refractivity contribution is 0.312. The van der Waals surface area contributed by atoms with Crippen molar-refractivity contribution in [2.24, 2.45) is 7.05 Å². The summed E-state index contributed by atoms with van der Waals surface area (Å²) in [4.78, 5) is 13.4. The number of benzene rings is 1. The molecule has 0 saturated carbocycles. The molecule has 0 aliphatic carbocycles. The molecule has 33 heavy (non-hydrogen) atoms. The second kappa shape index (κ2) is 10.3. The van der Waals surface area contributed by atoms with Gasteiger partial charge in [-0.3, -0.25) is 4.68 Å². The Bertz CT molecular complexity index is 1220. The van der Waals surface area contributed by atoms with Gasteiger partial charge in [-0.05, 0) is 47.8 Å². The van der Waals surface area contributed by atoms with Crippen molar-refractivity contribution in [3.8, 4) is 11.1 Å². The molecule has 1 saturated heterocycles. The van der Waals surface area contributed by atoms with Gasteiger partial charge in [0.15, 0.2) is 0 Å². The summed E-state index contributed by atoms with van der Waals surface area (Å²) >= 11 is 0. The smallest absolute Gasteiger partial charge is 0.129 e. The van der Waals surface area contributed by atoms with Gasteiger partial charge >= 0.3 is 0 Å². The Morgan fingerprint density at radius 2 is 1.73 bits per heavy atom. The van der Waals surface area contributed by atoms with Crippen molar-refractivity contribution in [3.05, 3.63) is 73.3 Å². The van der Waals surface area contributed by atoms with E-state index in [2.05, 4.69) is 74.1 Å². The highest BCUT2D eigenvalue weighted by molar-refractivity contribution is 5.88. The van der Waals surface area contributed by atoms with E-state index in [-0.39, 0.29) is 0 Å². The maximum Gasteiger partial charge on any atom is 0.129 e. The number of aryl methyl sites for hydroxylation is 1. The third-order valence-electron chi connectivity index (χ3n) is 5.85. The SMILES string of the molecule is C=Cc1ccnc(N2CCN(C)CC2)c1.CNc1cc2cc(-c3cnn(C)c3)ccc2cn1. The molecular formula is C26H31N7. The van der Waals surface area contributed by atoms with Gasteiger partial charge in [-0.2, -0.15) is 5.10 Å². The predicted molar refractivity (Wildman–Crippen MR) is 138 cm³/mol. The molecule has 0 unspecified atom stereocenters. The molecule has 0 amide bonds. The highest BCUT2D eigenvalue weighted by Gasteiger charge is 2.14. The molecule has 0 spiro atoms. The van der Waals surface area contributed by atoms with Crippen molar-refractivity contribution < 1.29 is 0 Å². The summed E-state index contributed by atoms with van der Waals surface area (Å²) < 4.78 is 1.81. The van der Waals surface area contributed by atoms with Crippen molar-refractivity contribution in [2.75, 3.05) is 50.5 Å². The van der Waals surface area contributed by atoms with Crippen LogP contribution >= 0.6 is 0 Å². The van der Waals surface area contributed by atoms with E-state index in [1.165, 1.54) is 10.9 Å². The number of anilines is 2. The molecule has 1 aliphatic heterocycles. The maximum atomic E-state index is 4.40. The van der Waals surface area contributed by atoms with Crippen molar-refractivity contribution in [1.29, 1.82) is 0 Å². The number of rotatable bonds is 4. The summed E-state index contributed by atoms with van der Waals surface area (Å²) in [6.45, 7) is 8.12. The Hall–Kier alpha value is -3.71. The zero-order valence-electron chi connectivity index (χ0n) is 19.6. The van der Waals surface area contributed by atoms with Crippen LogP contribution in [0.1, 0.15) is 5.56 Å². The Morgan fingerprint density at radius 3 is 2.42 bits per heavy atom. The number of aromatic nitrogens is 4. The van der Waals surface area contributed by atoms with Gasteiger partial charge in [-0.25, -0.2) is 9.97 Å². The molecule has 4 aromatic rings. The van der Waals surface area contributed by atoms with E-state index in [9.17, 15) is 0 Å². The average molecular weight is 442 g/mol. The number of nitrogens with one attached hydrogen (secondary N) is 1. The topological polar surface area (TPSA) is 62.1 Å². The van der Waals surface area contributed by atoms with Crippen LogP contribution in [0, 0.1) is 0 Å². The predicted octanol–water partition coefficient (Wildman–Crippen LogP) is 4.15. The van der Waals surface area contributed by atoms with Gasteiger partial charge < -0.3 is 15.1 Å². The summed E-state index contributed by atoms with van der Waals surface area (Å²) in [7, 11) is 5.96. The molecule has 0 radical (unpaired) electrons. The van der Waals surface area contributed by atoms with E-state index in [1.54, 1.807) is 0 Å².